The van der Waals surface area contributed by atoms with Gasteiger partial charge in [-0.3, -0.25) is 37.3 Å². The second kappa shape index (κ2) is 69.4. The van der Waals surface area contributed by atoms with Gasteiger partial charge in [0.15, 0.2) is 12.2 Å². The van der Waals surface area contributed by atoms with Gasteiger partial charge in [-0.2, -0.15) is 0 Å². The third-order valence-electron chi connectivity index (χ3n) is 19.1. The van der Waals surface area contributed by atoms with Gasteiger partial charge in [-0.05, 0) is 43.4 Å². The van der Waals surface area contributed by atoms with Crippen molar-refractivity contribution in [3.05, 3.63) is 0 Å². The van der Waals surface area contributed by atoms with Crippen LogP contribution in [0.1, 0.15) is 408 Å². The molecule has 0 fully saturated rings. The van der Waals surface area contributed by atoms with Gasteiger partial charge in [0.05, 0.1) is 26.4 Å². The normalized spacial score (nSPS) is 14.6. The van der Waals surface area contributed by atoms with Gasteiger partial charge in [0.25, 0.3) is 0 Å². The lowest BCUT2D eigenvalue weighted by Gasteiger charge is -2.21. The molecule has 4 unspecified atom stereocenters. The average Bonchev–Trinajstić information content (AvgIpc) is 1.14. The summed E-state index contributed by atoms with van der Waals surface area (Å²) in [6, 6.07) is 0. The number of aliphatic hydroxyl groups is 1. The largest absolute Gasteiger partial charge is 0.472 e. The number of rotatable bonds is 77. The summed E-state index contributed by atoms with van der Waals surface area (Å²) in [5.41, 5.74) is 0. The summed E-state index contributed by atoms with van der Waals surface area (Å²) in [5, 5.41) is 10.6. The minimum absolute atomic E-state index is 0.106. The predicted molar refractivity (Wildman–Crippen MR) is 400 cm³/mol. The first-order chi connectivity index (χ1) is 47.3. The van der Waals surface area contributed by atoms with Crippen LogP contribution in [-0.4, -0.2) is 96.7 Å². The number of hydrogen-bond donors (Lipinski definition) is 3. The fourth-order valence-corrected chi connectivity index (χ4v) is 13.6. The zero-order valence-corrected chi connectivity index (χ0v) is 66.0. The summed E-state index contributed by atoms with van der Waals surface area (Å²) in [4.78, 5) is 72.9. The summed E-state index contributed by atoms with van der Waals surface area (Å²) in [7, 11) is -9.92. The smallest absolute Gasteiger partial charge is 0.462 e. The molecule has 0 bridgehead atoms. The van der Waals surface area contributed by atoms with E-state index in [2.05, 4.69) is 48.5 Å². The van der Waals surface area contributed by atoms with Crippen LogP contribution in [0.2, 0.25) is 0 Å². The maximum absolute atomic E-state index is 13.1. The highest BCUT2D eigenvalue weighted by molar-refractivity contribution is 7.47. The zero-order valence-electron chi connectivity index (χ0n) is 64.3. The molecule has 0 aliphatic rings. The number of esters is 4. The van der Waals surface area contributed by atoms with Crippen LogP contribution in [0.5, 0.6) is 0 Å². The SMILES string of the molecule is CCCCCCCCCCCCC(=O)OC[C@H](COP(=O)(O)OC[C@H](O)COP(=O)(O)OC[C@@H](COC(=O)CCCCCCCCCCCCCCCC(C)C)OC(=O)CCCCCCCCCCCCCCCCC(C)CC)OC(=O)CCCCCCCCCCCCC(C)CC. The Bertz CT molecular complexity index is 1910. The predicted octanol–water partition coefficient (Wildman–Crippen LogP) is 23.4. The first-order valence-corrected chi connectivity index (χ1v) is 43.9. The minimum Gasteiger partial charge on any atom is -0.462 e. The van der Waals surface area contributed by atoms with Gasteiger partial charge < -0.3 is 33.8 Å². The van der Waals surface area contributed by atoms with Crippen LogP contribution in [0.3, 0.4) is 0 Å². The van der Waals surface area contributed by atoms with Crippen molar-refractivity contribution in [3.8, 4) is 0 Å². The number of unbranched alkanes of at least 4 members (excludes halogenated alkanes) is 43. The van der Waals surface area contributed by atoms with Crippen LogP contribution < -0.4 is 0 Å². The number of carbonyl (C=O) groups excluding carboxylic acids is 4. The maximum Gasteiger partial charge on any atom is 0.472 e. The zero-order chi connectivity index (χ0) is 72.3. The molecule has 19 heteroatoms. The van der Waals surface area contributed by atoms with Crippen molar-refractivity contribution < 1.29 is 80.2 Å². The van der Waals surface area contributed by atoms with E-state index in [1.807, 2.05) is 0 Å². The first-order valence-electron chi connectivity index (χ1n) is 40.9. The van der Waals surface area contributed by atoms with Gasteiger partial charge >= 0.3 is 39.5 Å². The number of aliphatic hydroxyl groups excluding tert-OH is 1. The van der Waals surface area contributed by atoms with Crippen molar-refractivity contribution in [2.45, 2.75) is 426 Å². The van der Waals surface area contributed by atoms with E-state index >= 15 is 0 Å². The third-order valence-corrected chi connectivity index (χ3v) is 21.0. The summed E-state index contributed by atoms with van der Waals surface area (Å²) in [6.45, 7) is 12.0. The highest BCUT2D eigenvalue weighted by Crippen LogP contribution is 2.45. The number of hydrogen-bond acceptors (Lipinski definition) is 15. The van der Waals surface area contributed by atoms with Gasteiger partial charge in [0, 0.05) is 25.7 Å². The molecule has 0 amide bonds. The highest BCUT2D eigenvalue weighted by Gasteiger charge is 2.30. The number of phosphoric acid groups is 2. The summed E-state index contributed by atoms with van der Waals surface area (Å²) in [5.74, 6) is 0.327. The lowest BCUT2D eigenvalue weighted by molar-refractivity contribution is -0.161. The van der Waals surface area contributed by atoms with E-state index in [9.17, 15) is 43.2 Å². The van der Waals surface area contributed by atoms with Crippen LogP contribution in [0.4, 0.5) is 0 Å². The second-order valence-electron chi connectivity index (χ2n) is 29.4. The fraction of sp³-hybridized carbons (Fsp3) is 0.949. The van der Waals surface area contributed by atoms with Crippen molar-refractivity contribution in [3.63, 3.8) is 0 Å². The van der Waals surface area contributed by atoms with Crippen molar-refractivity contribution in [2.24, 2.45) is 17.8 Å². The molecule has 0 radical (unpaired) electrons. The van der Waals surface area contributed by atoms with E-state index < -0.39 is 97.5 Å². The molecule has 98 heavy (non-hydrogen) atoms. The van der Waals surface area contributed by atoms with Crippen molar-refractivity contribution in [1.29, 1.82) is 0 Å². The Morgan fingerprint density at radius 2 is 0.520 bits per heavy atom. The quantitative estimate of drug-likeness (QED) is 0.0222. The van der Waals surface area contributed by atoms with Gasteiger partial charge in [-0.15, -0.1) is 0 Å². The summed E-state index contributed by atoms with van der Waals surface area (Å²) < 4.78 is 68.7. The Hall–Kier alpha value is -1.94. The molecule has 0 spiro atoms. The van der Waals surface area contributed by atoms with E-state index in [0.29, 0.717) is 25.7 Å². The Morgan fingerprint density at radius 3 is 0.776 bits per heavy atom. The molecular formula is C79H154O17P2. The Morgan fingerprint density at radius 1 is 0.296 bits per heavy atom. The molecule has 0 aromatic carbocycles. The van der Waals surface area contributed by atoms with Crippen LogP contribution >= 0.6 is 15.6 Å². The van der Waals surface area contributed by atoms with Crippen LogP contribution in [0.25, 0.3) is 0 Å². The Labute approximate surface area is 600 Å². The molecule has 0 saturated carbocycles. The fourth-order valence-electron chi connectivity index (χ4n) is 12.1. The molecule has 0 aliphatic heterocycles. The van der Waals surface area contributed by atoms with Crippen molar-refractivity contribution in [1.82, 2.24) is 0 Å². The molecule has 0 heterocycles. The van der Waals surface area contributed by atoms with Crippen molar-refractivity contribution in [2.75, 3.05) is 39.6 Å². The van der Waals surface area contributed by atoms with E-state index in [1.54, 1.807) is 0 Å². The van der Waals surface area contributed by atoms with E-state index in [4.69, 9.17) is 37.0 Å². The standard InChI is InChI=1S/C79H154O17P2/c1-8-11-12-13-14-15-32-39-46-53-60-76(81)89-66-74(96-79(84)63-56-49-42-35-28-27-31-38-45-52-59-72(7)10-3)68-93-97(85,86)91-64-73(80)65-92-98(87,88)94-69-75(67-90-77(82)61-54-47-40-33-25-22-18-19-23-29-36-43-50-57-70(4)5)95-78(83)62-55-48-41-34-26-21-17-16-20-24-30-37-44-51-58-71(6)9-2/h70-75,80H,8-69H2,1-7H3,(H,85,86)(H,87,88)/t71?,72?,73-,74+,75+/m0/s1. The molecule has 582 valence electrons. The first kappa shape index (κ1) is 96.1. The van der Waals surface area contributed by atoms with Gasteiger partial charge in [0.2, 0.25) is 0 Å². The van der Waals surface area contributed by atoms with Crippen molar-refractivity contribution >= 4 is 39.5 Å². The van der Waals surface area contributed by atoms with Gasteiger partial charge in [-0.25, -0.2) is 9.13 Å². The second-order valence-corrected chi connectivity index (χ2v) is 32.3. The maximum atomic E-state index is 13.1. The number of ether oxygens (including phenoxy) is 4. The molecule has 0 rings (SSSR count). The van der Waals surface area contributed by atoms with Crippen LogP contribution in [-0.2, 0) is 65.4 Å². The molecule has 0 aliphatic carbocycles. The molecule has 0 aromatic rings. The highest BCUT2D eigenvalue weighted by atomic mass is 31.2. The minimum atomic E-state index is -4.96. The van der Waals surface area contributed by atoms with E-state index in [1.165, 1.54) is 218 Å². The molecule has 0 saturated heterocycles. The topological polar surface area (TPSA) is 237 Å². The lowest BCUT2D eigenvalue weighted by atomic mass is 9.99. The summed E-state index contributed by atoms with van der Waals surface area (Å²) in [6.07, 6.45) is 56.6. The third kappa shape index (κ3) is 69.8. The molecular weight excluding hydrogens is 1280 g/mol. The van der Waals surface area contributed by atoms with E-state index in [-0.39, 0.29) is 25.7 Å². The number of carbonyl (C=O) groups is 4. The molecule has 7 atom stereocenters. The molecule has 17 nitrogen and oxygen atoms in total. The van der Waals surface area contributed by atoms with Gasteiger partial charge in [-0.1, -0.05) is 357 Å². The molecule has 0 aromatic heterocycles. The number of phosphoric ester groups is 2. The Kier molecular flexibility index (Phi) is 68.1. The Balaban J connectivity index is 5.26. The lowest BCUT2D eigenvalue weighted by Crippen LogP contribution is -2.30. The summed E-state index contributed by atoms with van der Waals surface area (Å²) >= 11 is 0. The van der Waals surface area contributed by atoms with Gasteiger partial charge in [0.1, 0.15) is 19.3 Å². The molecule has 3 N–H and O–H groups in total. The van der Waals surface area contributed by atoms with E-state index in [0.717, 1.165) is 108 Å². The average molecular weight is 1440 g/mol. The van der Waals surface area contributed by atoms with Crippen LogP contribution in [0.15, 0.2) is 0 Å². The van der Waals surface area contributed by atoms with Crippen LogP contribution in [0, 0.1) is 17.8 Å². The monoisotopic (exact) mass is 1440 g/mol.